The molecule has 7 heteroatoms. The van der Waals surface area contributed by atoms with Crippen molar-refractivity contribution in [2.45, 2.75) is 96.5 Å². The average Bonchev–Trinajstić information content (AvgIpc) is 2.82. The minimum absolute atomic E-state index is 0.00426. The number of halogens is 6. The van der Waals surface area contributed by atoms with Crippen molar-refractivity contribution >= 4 is 0 Å². The summed E-state index contributed by atoms with van der Waals surface area (Å²) in [6, 6.07) is 8.48. The molecule has 0 N–H and O–H groups in total. The van der Waals surface area contributed by atoms with Gasteiger partial charge in [-0.1, -0.05) is 81.3 Å². The molecule has 4 rings (SSSR count). The van der Waals surface area contributed by atoms with Gasteiger partial charge in [0.05, 0.1) is 5.56 Å². The molecule has 1 saturated carbocycles. The van der Waals surface area contributed by atoms with Gasteiger partial charge in [-0.05, 0) is 61.1 Å². The molecule has 0 spiro atoms. The first-order valence-electron chi connectivity index (χ1n) is 13.0. The predicted molar refractivity (Wildman–Crippen MR) is 128 cm³/mol. The van der Waals surface area contributed by atoms with E-state index in [0.29, 0.717) is 24.3 Å². The van der Waals surface area contributed by atoms with Crippen LogP contribution in [0.15, 0.2) is 30.3 Å². The van der Waals surface area contributed by atoms with Crippen LogP contribution in [-0.4, -0.2) is 0 Å². The number of benzene rings is 2. The second-order valence-electron chi connectivity index (χ2n) is 10.5. The SMILES string of the molecule is CCCC1CCC(CCc2cc3c(c(C(F)(F)F)c2C(F)(F)F)OC(c2ccc(C)cc2)CC3)CC1. The van der Waals surface area contributed by atoms with Gasteiger partial charge in [0, 0.05) is 0 Å². The maximum atomic E-state index is 14.3. The van der Waals surface area contributed by atoms with E-state index >= 15 is 0 Å². The summed E-state index contributed by atoms with van der Waals surface area (Å²) >= 11 is 0. The van der Waals surface area contributed by atoms with Crippen LogP contribution >= 0.6 is 0 Å². The Morgan fingerprint density at radius 2 is 1.39 bits per heavy atom. The molecule has 0 amide bonds. The molecule has 2 aromatic rings. The van der Waals surface area contributed by atoms with E-state index in [0.717, 1.165) is 44.1 Å². The monoisotopic (exact) mass is 512 g/mol. The van der Waals surface area contributed by atoms with Crippen molar-refractivity contribution in [3.8, 4) is 5.75 Å². The molecule has 1 fully saturated rings. The molecular formula is C29H34F6O. The number of alkyl halides is 6. The summed E-state index contributed by atoms with van der Waals surface area (Å²) in [6.07, 6.45) is -3.65. The summed E-state index contributed by atoms with van der Waals surface area (Å²) in [5.74, 6) is 0.262. The number of hydrogen-bond donors (Lipinski definition) is 0. The quantitative estimate of drug-likeness (QED) is 0.350. The normalized spacial score (nSPS) is 22.7. The number of ether oxygens (including phenoxy) is 1. The molecule has 1 heterocycles. The fraction of sp³-hybridized carbons (Fsp3) is 0.586. The molecule has 0 saturated heterocycles. The summed E-state index contributed by atoms with van der Waals surface area (Å²) in [6.45, 7) is 4.03. The highest BCUT2D eigenvalue weighted by molar-refractivity contribution is 5.55. The average molecular weight is 513 g/mol. The van der Waals surface area contributed by atoms with Crippen molar-refractivity contribution in [3.63, 3.8) is 0 Å². The lowest BCUT2D eigenvalue weighted by molar-refractivity contribution is -0.164. The molecule has 0 aromatic heterocycles. The lowest BCUT2D eigenvalue weighted by Crippen LogP contribution is -2.25. The molecule has 1 aliphatic heterocycles. The summed E-state index contributed by atoms with van der Waals surface area (Å²) in [5.41, 5.74) is -1.62. The zero-order valence-electron chi connectivity index (χ0n) is 20.9. The van der Waals surface area contributed by atoms with Gasteiger partial charge in [-0.25, -0.2) is 0 Å². The summed E-state index contributed by atoms with van der Waals surface area (Å²) < 4.78 is 91.2. The Morgan fingerprint density at radius 1 is 0.806 bits per heavy atom. The largest absolute Gasteiger partial charge is 0.485 e. The highest BCUT2D eigenvalue weighted by atomic mass is 19.4. The Morgan fingerprint density at radius 3 is 1.94 bits per heavy atom. The minimum Gasteiger partial charge on any atom is -0.485 e. The van der Waals surface area contributed by atoms with Gasteiger partial charge in [0.2, 0.25) is 0 Å². The third kappa shape index (κ3) is 6.03. The number of rotatable bonds is 6. The third-order valence-corrected chi connectivity index (χ3v) is 7.88. The second kappa shape index (κ2) is 10.7. The molecule has 1 nitrogen and oxygen atoms in total. The molecule has 1 atom stereocenters. The van der Waals surface area contributed by atoms with Gasteiger partial charge >= 0.3 is 12.4 Å². The standard InChI is InChI=1S/C29H34F6O/c1-3-4-19-7-9-20(10-8-19)11-14-22-17-23-15-16-24(21-12-5-18(2)6-13-21)36-27(23)26(29(33,34)35)25(22)28(30,31)32/h5-6,12-13,17,19-20,24H,3-4,7-11,14-16H2,1-2H3. The summed E-state index contributed by atoms with van der Waals surface area (Å²) in [5, 5.41) is 0. The highest BCUT2D eigenvalue weighted by Crippen LogP contribution is 2.51. The fourth-order valence-corrected chi connectivity index (χ4v) is 5.97. The van der Waals surface area contributed by atoms with Gasteiger partial charge in [-0.15, -0.1) is 0 Å². The van der Waals surface area contributed by atoms with Crippen molar-refractivity contribution < 1.29 is 31.1 Å². The number of fused-ring (bicyclic) bond motifs is 1. The number of hydrogen-bond acceptors (Lipinski definition) is 1. The summed E-state index contributed by atoms with van der Waals surface area (Å²) in [7, 11) is 0. The van der Waals surface area contributed by atoms with Crippen LogP contribution in [0.3, 0.4) is 0 Å². The predicted octanol–water partition coefficient (Wildman–Crippen LogP) is 9.64. The molecule has 0 bridgehead atoms. The van der Waals surface area contributed by atoms with Gasteiger partial charge < -0.3 is 4.74 Å². The molecule has 2 aromatic carbocycles. The molecule has 1 aliphatic carbocycles. The molecule has 1 unspecified atom stereocenters. The molecule has 198 valence electrons. The van der Waals surface area contributed by atoms with Crippen LogP contribution in [0.2, 0.25) is 0 Å². The van der Waals surface area contributed by atoms with E-state index in [1.807, 2.05) is 19.1 Å². The van der Waals surface area contributed by atoms with Crippen LogP contribution in [0.5, 0.6) is 5.75 Å². The van der Waals surface area contributed by atoms with E-state index in [-0.39, 0.29) is 29.9 Å². The van der Waals surface area contributed by atoms with Gasteiger partial charge in [0.25, 0.3) is 0 Å². The fourth-order valence-electron chi connectivity index (χ4n) is 5.97. The first-order valence-corrected chi connectivity index (χ1v) is 13.0. The zero-order chi connectivity index (χ0) is 26.1. The van der Waals surface area contributed by atoms with E-state index in [1.54, 1.807) is 12.1 Å². The molecular weight excluding hydrogens is 478 g/mol. The lowest BCUT2D eigenvalue weighted by Gasteiger charge is -2.32. The second-order valence-corrected chi connectivity index (χ2v) is 10.5. The van der Waals surface area contributed by atoms with Crippen LogP contribution in [0.1, 0.15) is 97.8 Å². The minimum atomic E-state index is -5.18. The van der Waals surface area contributed by atoms with E-state index < -0.39 is 35.3 Å². The molecule has 2 aliphatic rings. The van der Waals surface area contributed by atoms with E-state index in [9.17, 15) is 26.3 Å². The van der Waals surface area contributed by atoms with Crippen LogP contribution in [0, 0.1) is 18.8 Å². The van der Waals surface area contributed by atoms with Crippen molar-refractivity contribution in [1.29, 1.82) is 0 Å². The zero-order valence-corrected chi connectivity index (χ0v) is 20.9. The smallest absolute Gasteiger partial charge is 0.420 e. The maximum absolute atomic E-state index is 14.3. The Labute approximate surface area is 209 Å². The van der Waals surface area contributed by atoms with Crippen molar-refractivity contribution in [2.24, 2.45) is 11.8 Å². The van der Waals surface area contributed by atoms with Crippen molar-refractivity contribution in [2.75, 3.05) is 0 Å². The first kappa shape index (κ1) is 26.9. The van der Waals surface area contributed by atoms with Crippen LogP contribution in [-0.2, 0) is 25.2 Å². The van der Waals surface area contributed by atoms with Gasteiger partial charge in [0.15, 0.2) is 0 Å². The summed E-state index contributed by atoms with van der Waals surface area (Å²) in [4.78, 5) is 0. The van der Waals surface area contributed by atoms with Gasteiger partial charge in [-0.2, -0.15) is 26.3 Å². The lowest BCUT2D eigenvalue weighted by atomic mass is 9.77. The Bertz CT molecular complexity index is 1030. The number of aryl methyl sites for hydroxylation is 3. The molecule has 0 radical (unpaired) electrons. The highest BCUT2D eigenvalue weighted by Gasteiger charge is 2.49. The van der Waals surface area contributed by atoms with Crippen molar-refractivity contribution in [3.05, 3.63) is 63.7 Å². The van der Waals surface area contributed by atoms with Crippen molar-refractivity contribution in [1.82, 2.24) is 0 Å². The van der Waals surface area contributed by atoms with E-state index in [4.69, 9.17) is 4.74 Å². The Balaban J connectivity index is 1.66. The van der Waals surface area contributed by atoms with E-state index in [2.05, 4.69) is 6.92 Å². The van der Waals surface area contributed by atoms with Gasteiger partial charge in [0.1, 0.15) is 17.4 Å². The van der Waals surface area contributed by atoms with Crippen LogP contribution in [0.4, 0.5) is 26.3 Å². The van der Waals surface area contributed by atoms with Crippen LogP contribution < -0.4 is 4.74 Å². The topological polar surface area (TPSA) is 9.23 Å². The molecule has 36 heavy (non-hydrogen) atoms. The van der Waals surface area contributed by atoms with Gasteiger partial charge in [-0.3, -0.25) is 0 Å². The first-order chi connectivity index (χ1) is 17.0. The Kier molecular flexibility index (Phi) is 7.96. The third-order valence-electron chi connectivity index (χ3n) is 7.88. The Hall–Kier alpha value is -2.18. The van der Waals surface area contributed by atoms with E-state index in [1.165, 1.54) is 6.07 Å². The van der Waals surface area contributed by atoms with Crippen LogP contribution in [0.25, 0.3) is 0 Å². The maximum Gasteiger partial charge on any atom is 0.420 e.